The van der Waals surface area contributed by atoms with Gasteiger partial charge in [0, 0.05) is 24.2 Å². The molecule has 1 aromatic heterocycles. The first-order valence-corrected chi connectivity index (χ1v) is 8.25. The summed E-state index contributed by atoms with van der Waals surface area (Å²) in [6.07, 6.45) is 1.04. The quantitative estimate of drug-likeness (QED) is 0.873. The van der Waals surface area contributed by atoms with Crippen LogP contribution in [0.25, 0.3) is 0 Å². The second-order valence-electron chi connectivity index (χ2n) is 4.68. The van der Waals surface area contributed by atoms with Gasteiger partial charge in [-0.05, 0) is 31.7 Å². The minimum Gasteiger partial charge on any atom is -0.398 e. The summed E-state index contributed by atoms with van der Waals surface area (Å²) in [4.78, 5) is 0. The van der Waals surface area contributed by atoms with Gasteiger partial charge in [-0.2, -0.15) is 4.31 Å². The van der Waals surface area contributed by atoms with E-state index in [-0.39, 0.29) is 12.0 Å². The molecule has 3 N–H and O–H groups in total. The molecule has 0 bridgehead atoms. The Balaban J connectivity index is 2.09. The monoisotopic (exact) mass is 290 g/mol. The van der Waals surface area contributed by atoms with E-state index in [1.165, 1.54) is 10.4 Å². The number of hydrogen-bond acceptors (Lipinski definition) is 5. The molecule has 0 spiro atoms. The number of aliphatic hydroxyl groups excluding tert-OH is 1. The Labute approximate surface area is 111 Å². The number of hydrogen-bond donors (Lipinski definition) is 2. The Morgan fingerprint density at radius 3 is 2.56 bits per heavy atom. The zero-order chi connectivity index (χ0) is 13.3. The van der Waals surface area contributed by atoms with E-state index in [0.717, 1.165) is 11.3 Å². The van der Waals surface area contributed by atoms with Gasteiger partial charge < -0.3 is 10.8 Å². The molecule has 1 aliphatic heterocycles. The first-order chi connectivity index (χ1) is 8.41. The van der Waals surface area contributed by atoms with Crippen LogP contribution in [-0.2, 0) is 10.0 Å². The van der Waals surface area contributed by atoms with Crippen LogP contribution in [-0.4, -0.2) is 37.0 Å². The molecule has 0 aliphatic carbocycles. The van der Waals surface area contributed by atoms with Gasteiger partial charge in [-0.1, -0.05) is 0 Å². The average Bonchev–Trinajstić information content (AvgIpc) is 2.76. The Kier molecular flexibility index (Phi) is 3.96. The van der Waals surface area contributed by atoms with Crippen molar-refractivity contribution in [2.45, 2.75) is 30.1 Å². The van der Waals surface area contributed by atoms with Gasteiger partial charge in [0.15, 0.2) is 0 Å². The van der Waals surface area contributed by atoms with Crippen LogP contribution >= 0.6 is 11.3 Å². The van der Waals surface area contributed by atoms with Crippen LogP contribution in [0.4, 0.5) is 5.69 Å². The van der Waals surface area contributed by atoms with E-state index in [0.29, 0.717) is 35.8 Å². The highest BCUT2D eigenvalue weighted by Gasteiger charge is 2.31. The SMILES string of the molecule is CC(O)C1CCN(S(=O)(=O)c2cc(N)cs2)CC1. The molecule has 102 valence electrons. The van der Waals surface area contributed by atoms with E-state index in [1.807, 2.05) is 0 Å². The van der Waals surface area contributed by atoms with Gasteiger partial charge in [0.25, 0.3) is 10.0 Å². The van der Waals surface area contributed by atoms with Crippen LogP contribution in [0.3, 0.4) is 0 Å². The van der Waals surface area contributed by atoms with Crippen LogP contribution in [0, 0.1) is 5.92 Å². The van der Waals surface area contributed by atoms with E-state index < -0.39 is 10.0 Å². The predicted octanol–water partition coefficient (Wildman–Crippen LogP) is 1.11. The molecule has 0 aromatic carbocycles. The van der Waals surface area contributed by atoms with Crippen molar-refractivity contribution in [2.75, 3.05) is 18.8 Å². The van der Waals surface area contributed by atoms with Gasteiger partial charge in [0.2, 0.25) is 0 Å². The standard InChI is InChI=1S/C11H18N2O3S2/c1-8(14)9-2-4-13(5-3-9)18(15,16)11-6-10(12)7-17-11/h6-9,14H,2-5,12H2,1H3. The smallest absolute Gasteiger partial charge is 0.252 e. The Hall–Kier alpha value is -0.630. The predicted molar refractivity (Wildman–Crippen MR) is 71.9 cm³/mol. The first kappa shape index (κ1) is 13.8. The zero-order valence-electron chi connectivity index (χ0n) is 10.2. The molecule has 18 heavy (non-hydrogen) atoms. The molecule has 5 nitrogen and oxygen atoms in total. The third-order valence-electron chi connectivity index (χ3n) is 3.37. The summed E-state index contributed by atoms with van der Waals surface area (Å²) in [5.74, 6) is 0.199. The van der Waals surface area contributed by atoms with Crippen LogP contribution < -0.4 is 5.73 Å². The summed E-state index contributed by atoms with van der Waals surface area (Å²) >= 11 is 1.15. The molecule has 2 heterocycles. The van der Waals surface area contributed by atoms with Gasteiger partial charge in [-0.3, -0.25) is 0 Å². The van der Waals surface area contributed by atoms with Gasteiger partial charge in [-0.25, -0.2) is 8.42 Å². The molecule has 1 atom stereocenters. The largest absolute Gasteiger partial charge is 0.398 e. The zero-order valence-corrected chi connectivity index (χ0v) is 11.9. The lowest BCUT2D eigenvalue weighted by molar-refractivity contribution is 0.0912. The topological polar surface area (TPSA) is 83.6 Å². The number of sulfonamides is 1. The highest BCUT2D eigenvalue weighted by Crippen LogP contribution is 2.29. The number of thiophene rings is 1. The van der Waals surface area contributed by atoms with Crippen LogP contribution in [0.5, 0.6) is 0 Å². The molecular formula is C11H18N2O3S2. The van der Waals surface area contributed by atoms with Gasteiger partial charge in [0.1, 0.15) is 4.21 Å². The van der Waals surface area contributed by atoms with E-state index in [1.54, 1.807) is 12.3 Å². The number of nitrogens with zero attached hydrogens (tertiary/aromatic N) is 1. The molecule has 0 radical (unpaired) electrons. The molecule has 1 saturated heterocycles. The third-order valence-corrected chi connectivity index (χ3v) is 6.70. The molecule has 7 heteroatoms. The van der Waals surface area contributed by atoms with Crippen molar-refractivity contribution in [3.63, 3.8) is 0 Å². The van der Waals surface area contributed by atoms with Crippen molar-refractivity contribution in [2.24, 2.45) is 5.92 Å². The number of aliphatic hydroxyl groups is 1. The minimum absolute atomic E-state index is 0.199. The molecule has 1 aromatic rings. The average molecular weight is 290 g/mol. The lowest BCUT2D eigenvalue weighted by atomic mass is 9.93. The fraction of sp³-hybridized carbons (Fsp3) is 0.636. The summed E-state index contributed by atoms with van der Waals surface area (Å²) in [6, 6.07) is 1.50. The lowest BCUT2D eigenvalue weighted by Crippen LogP contribution is -2.40. The Bertz CT molecular complexity index is 502. The molecule has 1 aliphatic rings. The van der Waals surface area contributed by atoms with Crippen molar-refractivity contribution < 1.29 is 13.5 Å². The van der Waals surface area contributed by atoms with Gasteiger partial charge in [-0.15, -0.1) is 11.3 Å². The second-order valence-corrected chi connectivity index (χ2v) is 7.76. The fourth-order valence-corrected chi connectivity index (χ4v) is 4.89. The third kappa shape index (κ3) is 2.69. The molecule has 0 saturated carbocycles. The maximum atomic E-state index is 12.3. The van der Waals surface area contributed by atoms with Crippen molar-refractivity contribution in [3.05, 3.63) is 11.4 Å². The maximum Gasteiger partial charge on any atom is 0.252 e. The lowest BCUT2D eigenvalue weighted by Gasteiger charge is -2.32. The normalized spacial score (nSPS) is 21.0. The number of rotatable bonds is 3. The molecular weight excluding hydrogens is 272 g/mol. The summed E-state index contributed by atoms with van der Waals surface area (Å²) in [7, 11) is -3.40. The van der Waals surface area contributed by atoms with Crippen LogP contribution in [0.15, 0.2) is 15.7 Å². The van der Waals surface area contributed by atoms with Crippen molar-refractivity contribution in [1.29, 1.82) is 0 Å². The van der Waals surface area contributed by atoms with Gasteiger partial charge in [0.05, 0.1) is 6.10 Å². The molecule has 0 amide bonds. The molecule has 1 unspecified atom stereocenters. The first-order valence-electron chi connectivity index (χ1n) is 5.93. The summed E-state index contributed by atoms with van der Waals surface area (Å²) < 4.78 is 26.4. The van der Waals surface area contributed by atoms with Crippen LogP contribution in [0.2, 0.25) is 0 Å². The fourth-order valence-electron chi connectivity index (χ4n) is 2.19. The van der Waals surface area contributed by atoms with Crippen molar-refractivity contribution in [3.8, 4) is 0 Å². The molecule has 2 rings (SSSR count). The number of nitrogens with two attached hydrogens (primary N) is 1. The van der Waals surface area contributed by atoms with Crippen molar-refractivity contribution >= 4 is 27.0 Å². The highest BCUT2D eigenvalue weighted by atomic mass is 32.2. The summed E-state index contributed by atoms with van der Waals surface area (Å²) in [5, 5.41) is 11.1. The summed E-state index contributed by atoms with van der Waals surface area (Å²) in [5.41, 5.74) is 6.04. The summed E-state index contributed by atoms with van der Waals surface area (Å²) in [6.45, 7) is 2.69. The van der Waals surface area contributed by atoms with E-state index in [4.69, 9.17) is 5.73 Å². The van der Waals surface area contributed by atoms with E-state index in [9.17, 15) is 13.5 Å². The van der Waals surface area contributed by atoms with Crippen molar-refractivity contribution in [1.82, 2.24) is 4.31 Å². The van der Waals surface area contributed by atoms with Gasteiger partial charge >= 0.3 is 0 Å². The van der Waals surface area contributed by atoms with E-state index >= 15 is 0 Å². The number of nitrogen functional groups attached to an aromatic ring is 1. The maximum absolute atomic E-state index is 12.3. The second kappa shape index (κ2) is 5.16. The number of anilines is 1. The highest BCUT2D eigenvalue weighted by molar-refractivity contribution is 7.91. The molecule has 1 fully saturated rings. The Morgan fingerprint density at radius 2 is 2.11 bits per heavy atom. The van der Waals surface area contributed by atoms with E-state index in [2.05, 4.69) is 0 Å². The van der Waals surface area contributed by atoms with Crippen LogP contribution in [0.1, 0.15) is 19.8 Å². The Morgan fingerprint density at radius 1 is 1.50 bits per heavy atom. The minimum atomic E-state index is -3.40. The number of piperidine rings is 1.